The lowest BCUT2D eigenvalue weighted by molar-refractivity contribution is -0.138. The van der Waals surface area contributed by atoms with Gasteiger partial charge >= 0.3 is 12.1 Å². The van der Waals surface area contributed by atoms with E-state index in [-0.39, 0.29) is 0 Å². The molecule has 1 aromatic carbocycles. The van der Waals surface area contributed by atoms with Crippen molar-refractivity contribution in [2.75, 3.05) is 5.32 Å². The third kappa shape index (κ3) is 3.89. The number of carboxylic acid groups (broad SMARTS) is 1. The van der Waals surface area contributed by atoms with E-state index in [1.807, 2.05) is 0 Å². The first-order valence-electron chi connectivity index (χ1n) is 5.70. The van der Waals surface area contributed by atoms with Gasteiger partial charge in [0.2, 0.25) is 0 Å². The molecule has 0 radical (unpaired) electrons. The Morgan fingerprint density at radius 1 is 1.29 bits per heavy atom. The number of hydrogen-bond donors (Lipinski definition) is 2. The van der Waals surface area contributed by atoms with Crippen LogP contribution in [0.5, 0.6) is 0 Å². The number of alkyl halides is 3. The molecule has 3 nitrogen and oxygen atoms in total. The van der Waals surface area contributed by atoms with Crippen molar-refractivity contribution in [3.8, 4) is 0 Å². The fourth-order valence-corrected chi connectivity index (χ4v) is 2.74. The molecular formula is C13H9ClF3NO2S. The Labute approximate surface area is 127 Å². The lowest BCUT2D eigenvalue weighted by Gasteiger charge is -2.12. The number of carboxylic acids is 1. The lowest BCUT2D eigenvalue weighted by atomic mass is 10.1. The minimum atomic E-state index is -4.70. The number of benzene rings is 1. The van der Waals surface area contributed by atoms with Crippen LogP contribution >= 0.6 is 22.9 Å². The zero-order chi connectivity index (χ0) is 15.6. The number of anilines is 1. The van der Waals surface area contributed by atoms with Crippen LogP contribution in [0.15, 0.2) is 30.3 Å². The second-order valence-corrected chi connectivity index (χ2v) is 5.92. The summed E-state index contributed by atoms with van der Waals surface area (Å²) in [4.78, 5) is 11.8. The topological polar surface area (TPSA) is 49.3 Å². The van der Waals surface area contributed by atoms with Gasteiger partial charge in [-0.25, -0.2) is 4.79 Å². The Bertz CT molecular complexity index is 670. The first kappa shape index (κ1) is 15.7. The number of carbonyl (C=O) groups is 1. The second-order valence-electron chi connectivity index (χ2n) is 4.12. The highest BCUT2D eigenvalue weighted by Crippen LogP contribution is 2.33. The number of halogens is 4. The zero-order valence-electron chi connectivity index (χ0n) is 10.4. The number of rotatable bonds is 4. The van der Waals surface area contributed by atoms with Crippen molar-refractivity contribution in [1.82, 2.24) is 0 Å². The molecule has 0 fully saturated rings. The van der Waals surface area contributed by atoms with Crippen molar-refractivity contribution >= 4 is 34.6 Å². The van der Waals surface area contributed by atoms with Crippen LogP contribution in [-0.4, -0.2) is 11.1 Å². The molecule has 0 saturated heterocycles. The summed E-state index contributed by atoms with van der Waals surface area (Å²) in [5.41, 5.74) is -1.65. The van der Waals surface area contributed by atoms with Crippen LogP contribution in [0.4, 0.5) is 18.9 Å². The summed E-state index contributed by atoms with van der Waals surface area (Å²) in [5.74, 6) is -1.62. The maximum absolute atomic E-state index is 12.7. The van der Waals surface area contributed by atoms with Gasteiger partial charge in [-0.2, -0.15) is 13.2 Å². The van der Waals surface area contributed by atoms with Gasteiger partial charge in [0, 0.05) is 17.1 Å². The molecule has 0 aliphatic rings. The van der Waals surface area contributed by atoms with Crippen molar-refractivity contribution in [2.24, 2.45) is 0 Å². The smallest absolute Gasteiger partial charge is 0.417 e. The maximum Gasteiger partial charge on any atom is 0.417 e. The molecule has 0 spiro atoms. The van der Waals surface area contributed by atoms with Crippen molar-refractivity contribution < 1.29 is 23.1 Å². The normalized spacial score (nSPS) is 11.4. The van der Waals surface area contributed by atoms with Crippen LogP contribution in [0.3, 0.4) is 0 Å². The Hall–Kier alpha value is -1.73. The molecule has 0 saturated carbocycles. The minimum Gasteiger partial charge on any atom is -0.478 e. The fraction of sp³-hybridized carbons (Fsp3) is 0.154. The summed E-state index contributed by atoms with van der Waals surface area (Å²) in [6.07, 6.45) is -4.70. The van der Waals surface area contributed by atoms with Crippen LogP contribution in [0.2, 0.25) is 4.34 Å². The second kappa shape index (κ2) is 5.95. The third-order valence-corrected chi connectivity index (χ3v) is 3.88. The van der Waals surface area contributed by atoms with Crippen LogP contribution in [0.25, 0.3) is 0 Å². The Morgan fingerprint density at radius 3 is 2.52 bits per heavy atom. The molecule has 112 valence electrons. The molecule has 2 aromatic rings. The molecule has 21 heavy (non-hydrogen) atoms. The SMILES string of the molecule is O=C(O)c1cc(NCc2ccc(Cl)s2)ccc1C(F)(F)F. The van der Waals surface area contributed by atoms with Crippen LogP contribution in [0.1, 0.15) is 20.8 Å². The van der Waals surface area contributed by atoms with Gasteiger partial charge in [-0.05, 0) is 30.3 Å². The van der Waals surface area contributed by atoms with E-state index in [1.165, 1.54) is 17.4 Å². The van der Waals surface area contributed by atoms with E-state index in [4.69, 9.17) is 16.7 Å². The molecule has 1 aromatic heterocycles. The molecule has 1 heterocycles. The maximum atomic E-state index is 12.7. The molecule has 0 amide bonds. The molecule has 2 N–H and O–H groups in total. The van der Waals surface area contributed by atoms with E-state index >= 15 is 0 Å². The Balaban J connectivity index is 2.22. The standard InChI is InChI=1S/C13H9ClF3NO2S/c14-11-4-2-8(21-11)6-18-7-1-3-10(13(15,16)17)9(5-7)12(19)20/h1-5,18H,6H2,(H,19,20). The van der Waals surface area contributed by atoms with Gasteiger partial charge in [-0.15, -0.1) is 11.3 Å². The van der Waals surface area contributed by atoms with E-state index in [0.717, 1.165) is 17.0 Å². The quantitative estimate of drug-likeness (QED) is 0.849. The fourth-order valence-electron chi connectivity index (χ4n) is 1.71. The van der Waals surface area contributed by atoms with E-state index in [9.17, 15) is 18.0 Å². The summed E-state index contributed by atoms with van der Waals surface area (Å²) < 4.78 is 38.7. The number of nitrogens with one attached hydrogen (secondary N) is 1. The zero-order valence-corrected chi connectivity index (χ0v) is 11.9. The predicted octanol–water partition coefficient (Wildman–Crippen LogP) is 4.73. The van der Waals surface area contributed by atoms with Gasteiger partial charge in [-0.1, -0.05) is 11.6 Å². The molecule has 0 atom stereocenters. The summed E-state index contributed by atoms with van der Waals surface area (Å²) in [6.45, 7) is 0.349. The van der Waals surface area contributed by atoms with Gasteiger partial charge in [0.05, 0.1) is 15.5 Å². The van der Waals surface area contributed by atoms with Gasteiger partial charge in [-0.3, -0.25) is 0 Å². The van der Waals surface area contributed by atoms with Crippen molar-refractivity contribution in [2.45, 2.75) is 12.7 Å². The van der Waals surface area contributed by atoms with Crippen molar-refractivity contribution in [3.63, 3.8) is 0 Å². The van der Waals surface area contributed by atoms with E-state index in [2.05, 4.69) is 5.32 Å². The van der Waals surface area contributed by atoms with Gasteiger partial charge in [0.15, 0.2) is 0 Å². The average molecular weight is 336 g/mol. The summed E-state index contributed by atoms with van der Waals surface area (Å²) in [7, 11) is 0. The molecule has 0 bridgehead atoms. The molecule has 0 unspecified atom stereocenters. The lowest BCUT2D eigenvalue weighted by Crippen LogP contribution is -2.13. The molecule has 0 aliphatic heterocycles. The number of hydrogen-bond acceptors (Lipinski definition) is 3. The minimum absolute atomic E-state index is 0.296. The summed E-state index contributed by atoms with van der Waals surface area (Å²) >= 11 is 7.10. The first-order chi connectivity index (χ1) is 9.77. The Kier molecular flexibility index (Phi) is 4.43. The number of thiophene rings is 1. The molecular weight excluding hydrogens is 327 g/mol. The summed E-state index contributed by atoms with van der Waals surface area (Å²) in [5, 5.41) is 11.8. The van der Waals surface area contributed by atoms with Gasteiger partial charge in [0.25, 0.3) is 0 Å². The largest absolute Gasteiger partial charge is 0.478 e. The molecule has 8 heteroatoms. The van der Waals surface area contributed by atoms with E-state index in [0.29, 0.717) is 16.6 Å². The predicted molar refractivity (Wildman–Crippen MR) is 75.1 cm³/mol. The highest BCUT2D eigenvalue weighted by Gasteiger charge is 2.35. The molecule has 2 rings (SSSR count). The van der Waals surface area contributed by atoms with Crippen LogP contribution in [-0.2, 0) is 12.7 Å². The highest BCUT2D eigenvalue weighted by molar-refractivity contribution is 7.16. The third-order valence-electron chi connectivity index (χ3n) is 2.65. The first-order valence-corrected chi connectivity index (χ1v) is 6.89. The Morgan fingerprint density at radius 2 is 2.00 bits per heavy atom. The van der Waals surface area contributed by atoms with Crippen molar-refractivity contribution in [3.05, 3.63) is 50.7 Å². The van der Waals surface area contributed by atoms with E-state index < -0.39 is 23.3 Å². The van der Waals surface area contributed by atoms with Crippen LogP contribution < -0.4 is 5.32 Å². The highest BCUT2D eigenvalue weighted by atomic mass is 35.5. The molecule has 0 aliphatic carbocycles. The van der Waals surface area contributed by atoms with Gasteiger partial charge in [0.1, 0.15) is 0 Å². The van der Waals surface area contributed by atoms with E-state index in [1.54, 1.807) is 12.1 Å². The monoisotopic (exact) mass is 335 g/mol. The summed E-state index contributed by atoms with van der Waals surface area (Å²) in [6, 6.07) is 6.42. The number of aromatic carboxylic acids is 1. The van der Waals surface area contributed by atoms with Gasteiger partial charge < -0.3 is 10.4 Å². The average Bonchev–Trinajstić information content (AvgIpc) is 2.80. The van der Waals surface area contributed by atoms with Crippen molar-refractivity contribution in [1.29, 1.82) is 0 Å². The van der Waals surface area contributed by atoms with Crippen LogP contribution in [0, 0.1) is 0 Å².